The Labute approximate surface area is 210 Å². The Morgan fingerprint density at radius 3 is 2.38 bits per heavy atom. The number of hydrogen-bond acceptors (Lipinski definition) is 9. The number of halogens is 2. The minimum absolute atomic E-state index is 0.0720. The number of carbonyl (C=O) groups is 2. The van der Waals surface area contributed by atoms with Crippen LogP contribution in [0.25, 0.3) is 11.4 Å². The lowest BCUT2D eigenvalue weighted by atomic mass is 9.94. The Bertz CT molecular complexity index is 1280. The van der Waals surface area contributed by atoms with Crippen LogP contribution in [0, 0.1) is 11.6 Å². The van der Waals surface area contributed by atoms with E-state index < -0.39 is 41.4 Å². The first kappa shape index (κ1) is 24.7. The van der Waals surface area contributed by atoms with E-state index >= 15 is 0 Å². The second-order valence-electron chi connectivity index (χ2n) is 8.56. The summed E-state index contributed by atoms with van der Waals surface area (Å²) in [7, 11) is 0. The highest BCUT2D eigenvalue weighted by atomic mass is 19.2. The van der Waals surface area contributed by atoms with Crippen LogP contribution < -0.4 is 9.47 Å². The molecule has 2 fully saturated rings. The molecule has 0 radical (unpaired) electrons. The fourth-order valence-corrected chi connectivity index (χ4v) is 4.18. The van der Waals surface area contributed by atoms with Gasteiger partial charge in [-0.05, 0) is 49.2 Å². The number of benzene rings is 2. The molecule has 1 aliphatic heterocycles. The molecule has 1 aliphatic carbocycles. The lowest BCUT2D eigenvalue weighted by Crippen LogP contribution is -2.34. The molecule has 1 saturated heterocycles. The van der Waals surface area contributed by atoms with Crippen LogP contribution in [0.1, 0.15) is 42.5 Å². The maximum Gasteiger partial charge on any atom is 0.516 e. The first-order valence-electron chi connectivity index (χ1n) is 11.7. The molecular weight excluding hydrogens is 490 g/mol. The van der Waals surface area contributed by atoms with Crippen molar-refractivity contribution in [1.29, 1.82) is 0 Å². The van der Waals surface area contributed by atoms with E-state index in [1.165, 1.54) is 30.6 Å². The zero-order valence-corrected chi connectivity index (χ0v) is 19.5. The van der Waals surface area contributed by atoms with E-state index in [0.717, 1.165) is 44.2 Å². The molecule has 0 N–H and O–H groups in total. The van der Waals surface area contributed by atoms with Crippen molar-refractivity contribution in [2.75, 3.05) is 6.61 Å². The first-order valence-corrected chi connectivity index (χ1v) is 11.7. The molecule has 0 unspecified atom stereocenters. The molecule has 0 bridgehead atoms. The Hall–Kier alpha value is -3.96. The van der Waals surface area contributed by atoms with E-state index in [1.54, 1.807) is 12.1 Å². The Balaban J connectivity index is 1.14. The summed E-state index contributed by atoms with van der Waals surface area (Å²) in [5, 5.41) is 0. The summed E-state index contributed by atoms with van der Waals surface area (Å²) in [6, 6.07) is 9.32. The van der Waals surface area contributed by atoms with Crippen LogP contribution >= 0.6 is 0 Å². The lowest BCUT2D eigenvalue weighted by molar-refractivity contribution is -0.214. The van der Waals surface area contributed by atoms with Crippen molar-refractivity contribution in [1.82, 2.24) is 9.97 Å². The largest absolute Gasteiger partial charge is 0.516 e. The van der Waals surface area contributed by atoms with Gasteiger partial charge in [-0.1, -0.05) is 12.5 Å². The van der Waals surface area contributed by atoms with Crippen molar-refractivity contribution in [2.45, 2.75) is 44.2 Å². The third-order valence-electron chi connectivity index (χ3n) is 6.00. The molecule has 1 atom stereocenters. The zero-order chi connectivity index (χ0) is 25.8. The van der Waals surface area contributed by atoms with Gasteiger partial charge >= 0.3 is 12.1 Å². The maximum absolute atomic E-state index is 13.8. The van der Waals surface area contributed by atoms with Crippen LogP contribution in [-0.4, -0.2) is 40.8 Å². The van der Waals surface area contributed by atoms with E-state index in [4.69, 9.17) is 23.7 Å². The molecule has 0 amide bonds. The van der Waals surface area contributed by atoms with Gasteiger partial charge in [0.25, 0.3) is 0 Å². The average molecular weight is 512 g/mol. The molecule has 2 aromatic carbocycles. The Morgan fingerprint density at radius 1 is 0.919 bits per heavy atom. The van der Waals surface area contributed by atoms with Crippen molar-refractivity contribution in [3.63, 3.8) is 0 Å². The summed E-state index contributed by atoms with van der Waals surface area (Å²) in [5.74, 6) is -3.62. The summed E-state index contributed by atoms with van der Waals surface area (Å²) in [5.41, 5.74) is 0.0576. The summed E-state index contributed by atoms with van der Waals surface area (Å²) < 4.78 is 54.1. The summed E-state index contributed by atoms with van der Waals surface area (Å²) >= 11 is 0. The zero-order valence-electron chi connectivity index (χ0n) is 19.5. The second kappa shape index (κ2) is 10.6. The van der Waals surface area contributed by atoms with Gasteiger partial charge in [0.05, 0.1) is 18.0 Å². The summed E-state index contributed by atoms with van der Waals surface area (Å²) in [6.07, 6.45) is 5.49. The molecule has 1 spiro atoms. The number of ether oxygens (including phenoxy) is 5. The molecule has 9 nitrogen and oxygen atoms in total. The van der Waals surface area contributed by atoms with Crippen LogP contribution in [0.4, 0.5) is 13.6 Å². The molecule has 1 saturated carbocycles. The van der Waals surface area contributed by atoms with Gasteiger partial charge in [-0.15, -0.1) is 0 Å². The van der Waals surface area contributed by atoms with Crippen LogP contribution in [0.3, 0.4) is 0 Å². The Kier molecular flexibility index (Phi) is 7.06. The number of esters is 1. The van der Waals surface area contributed by atoms with Crippen LogP contribution in [0.15, 0.2) is 54.9 Å². The highest BCUT2D eigenvalue weighted by molar-refractivity contribution is 5.91. The molecule has 11 heteroatoms. The molecule has 3 aromatic rings. The molecule has 2 aliphatic rings. The first-order chi connectivity index (χ1) is 17.9. The van der Waals surface area contributed by atoms with Crippen molar-refractivity contribution in [3.8, 4) is 22.9 Å². The van der Waals surface area contributed by atoms with Gasteiger partial charge in [-0.2, -0.15) is 0 Å². The predicted octanol–water partition coefficient (Wildman–Crippen LogP) is 5.19. The minimum Gasteiger partial charge on any atom is -0.423 e. The maximum atomic E-state index is 13.8. The van der Waals surface area contributed by atoms with Crippen molar-refractivity contribution in [2.24, 2.45) is 0 Å². The molecule has 2 heterocycles. The molecular formula is C26H22F2N2O7. The standard InChI is InChI=1S/C26H22F2N2O7/c27-20-6-4-5-19(22(20)28)24(31)34-17-9-7-16(8-10-17)23-29-13-18(14-30-23)35-25(32)36-21-15-33-26(37-21)11-2-1-3-12-26/h4-10,13-14,21H,1-3,11-12,15H2/t21-/m0/s1. The van der Waals surface area contributed by atoms with Gasteiger partial charge in [0.2, 0.25) is 6.29 Å². The monoisotopic (exact) mass is 512 g/mol. The van der Waals surface area contributed by atoms with E-state index in [-0.39, 0.29) is 18.1 Å². The minimum atomic E-state index is -1.28. The van der Waals surface area contributed by atoms with Gasteiger partial charge in [0.15, 0.2) is 29.0 Å². The quantitative estimate of drug-likeness (QED) is 0.337. The van der Waals surface area contributed by atoms with Crippen molar-refractivity contribution < 1.29 is 42.1 Å². The fourth-order valence-electron chi connectivity index (χ4n) is 4.18. The lowest BCUT2D eigenvalue weighted by Gasteiger charge is -2.31. The fraction of sp³-hybridized carbons (Fsp3) is 0.308. The van der Waals surface area contributed by atoms with Gasteiger partial charge < -0.3 is 23.7 Å². The number of aromatic nitrogens is 2. The van der Waals surface area contributed by atoms with E-state index in [1.807, 2.05) is 0 Å². The molecule has 1 aromatic heterocycles. The topological polar surface area (TPSA) is 106 Å². The van der Waals surface area contributed by atoms with Gasteiger partial charge in [-0.25, -0.2) is 28.3 Å². The van der Waals surface area contributed by atoms with Crippen LogP contribution in [0.5, 0.6) is 11.5 Å². The van der Waals surface area contributed by atoms with Crippen molar-refractivity contribution in [3.05, 3.63) is 72.1 Å². The molecule has 37 heavy (non-hydrogen) atoms. The van der Waals surface area contributed by atoms with E-state index in [9.17, 15) is 18.4 Å². The van der Waals surface area contributed by atoms with Gasteiger partial charge in [-0.3, -0.25) is 0 Å². The third-order valence-corrected chi connectivity index (χ3v) is 6.00. The Morgan fingerprint density at radius 2 is 1.65 bits per heavy atom. The molecule has 192 valence electrons. The summed E-state index contributed by atoms with van der Waals surface area (Å²) in [4.78, 5) is 32.6. The van der Waals surface area contributed by atoms with Gasteiger partial charge in [0, 0.05) is 18.4 Å². The summed E-state index contributed by atoms with van der Waals surface area (Å²) in [6.45, 7) is 0.146. The SMILES string of the molecule is O=C(Oc1cnc(-c2ccc(OC(=O)c3cccc(F)c3F)cc2)nc1)O[C@@H]1COC2(CCCCC2)O1. The second-order valence-corrected chi connectivity index (χ2v) is 8.56. The van der Waals surface area contributed by atoms with Crippen LogP contribution in [0.2, 0.25) is 0 Å². The van der Waals surface area contributed by atoms with Gasteiger partial charge in [0.1, 0.15) is 12.4 Å². The molecule has 5 rings (SSSR count). The number of hydrogen-bond donors (Lipinski definition) is 0. The number of carbonyl (C=O) groups excluding carboxylic acids is 2. The number of rotatable bonds is 5. The van der Waals surface area contributed by atoms with E-state index in [0.29, 0.717) is 11.4 Å². The number of nitrogens with zero attached hydrogens (tertiary/aromatic N) is 2. The van der Waals surface area contributed by atoms with E-state index in [2.05, 4.69) is 9.97 Å². The smallest absolute Gasteiger partial charge is 0.423 e. The highest BCUT2D eigenvalue weighted by Crippen LogP contribution is 2.38. The third kappa shape index (κ3) is 5.73. The predicted molar refractivity (Wildman–Crippen MR) is 123 cm³/mol. The normalized spacial score (nSPS) is 18.4. The van der Waals surface area contributed by atoms with Crippen LogP contribution in [-0.2, 0) is 14.2 Å². The highest BCUT2D eigenvalue weighted by Gasteiger charge is 2.44. The average Bonchev–Trinajstić information content (AvgIpc) is 3.28. The van der Waals surface area contributed by atoms with Crippen molar-refractivity contribution >= 4 is 12.1 Å².